The summed E-state index contributed by atoms with van der Waals surface area (Å²) in [6.07, 6.45) is 5.89. The van der Waals surface area contributed by atoms with Crippen molar-refractivity contribution in [3.8, 4) is 11.8 Å². The molecule has 2 aromatic heterocycles. The second kappa shape index (κ2) is 3.88. The minimum Gasteiger partial charge on any atom is -0.313 e. The van der Waals surface area contributed by atoms with Crippen molar-refractivity contribution in [2.24, 2.45) is 0 Å². The standard InChI is InChI=1S/C10H10N4/c1-2-3-4-7-14-8-13-9-10(14)12-6-5-11-9/h5-6,8H,4,7H2,1H3. The lowest BCUT2D eigenvalue weighted by Crippen LogP contribution is -1.96. The molecule has 0 spiro atoms. The molecule has 0 bridgehead atoms. The number of rotatable bonds is 2. The van der Waals surface area contributed by atoms with E-state index in [1.54, 1.807) is 18.7 Å². The van der Waals surface area contributed by atoms with E-state index in [0.717, 1.165) is 18.6 Å². The van der Waals surface area contributed by atoms with Crippen LogP contribution in [0.15, 0.2) is 18.7 Å². The van der Waals surface area contributed by atoms with Crippen LogP contribution < -0.4 is 0 Å². The zero-order valence-electron chi connectivity index (χ0n) is 7.94. The summed E-state index contributed by atoms with van der Waals surface area (Å²) < 4.78 is 1.96. The third-order valence-corrected chi connectivity index (χ3v) is 1.91. The van der Waals surface area contributed by atoms with Crippen molar-refractivity contribution < 1.29 is 0 Å². The van der Waals surface area contributed by atoms with E-state index < -0.39 is 0 Å². The summed E-state index contributed by atoms with van der Waals surface area (Å²) in [7, 11) is 0. The summed E-state index contributed by atoms with van der Waals surface area (Å²) in [5, 5.41) is 0. The average molecular weight is 186 g/mol. The van der Waals surface area contributed by atoms with Gasteiger partial charge >= 0.3 is 0 Å². The topological polar surface area (TPSA) is 43.6 Å². The number of aromatic nitrogens is 4. The zero-order valence-corrected chi connectivity index (χ0v) is 7.94. The average Bonchev–Trinajstić information content (AvgIpc) is 2.63. The van der Waals surface area contributed by atoms with Gasteiger partial charge in [0.25, 0.3) is 0 Å². The molecule has 14 heavy (non-hydrogen) atoms. The Hall–Kier alpha value is -1.89. The smallest absolute Gasteiger partial charge is 0.197 e. The fourth-order valence-electron chi connectivity index (χ4n) is 1.26. The minimum absolute atomic E-state index is 0.692. The van der Waals surface area contributed by atoms with Gasteiger partial charge in [-0.1, -0.05) is 0 Å². The van der Waals surface area contributed by atoms with Crippen LogP contribution in [0.3, 0.4) is 0 Å². The summed E-state index contributed by atoms with van der Waals surface area (Å²) in [5.74, 6) is 5.86. The van der Waals surface area contributed by atoms with Gasteiger partial charge in [0.05, 0.1) is 6.33 Å². The molecule has 0 aliphatic rings. The van der Waals surface area contributed by atoms with Gasteiger partial charge < -0.3 is 4.57 Å². The Kier molecular flexibility index (Phi) is 2.41. The molecule has 0 saturated carbocycles. The van der Waals surface area contributed by atoms with Gasteiger partial charge in [-0.3, -0.25) is 0 Å². The molecule has 2 aromatic rings. The molecule has 0 atom stereocenters. The van der Waals surface area contributed by atoms with Gasteiger partial charge in [-0.2, -0.15) is 0 Å². The Balaban J connectivity index is 2.28. The molecule has 0 aliphatic heterocycles. The van der Waals surface area contributed by atoms with Crippen LogP contribution in [0, 0.1) is 11.8 Å². The monoisotopic (exact) mass is 186 g/mol. The Bertz CT molecular complexity index is 489. The molecule has 0 aromatic carbocycles. The second-order valence-corrected chi connectivity index (χ2v) is 2.82. The lowest BCUT2D eigenvalue weighted by atomic mass is 10.4. The Labute approximate surface area is 82.0 Å². The minimum atomic E-state index is 0.692. The first kappa shape index (κ1) is 8.70. The van der Waals surface area contributed by atoms with Crippen molar-refractivity contribution in [2.45, 2.75) is 19.9 Å². The number of fused-ring (bicyclic) bond motifs is 1. The molecular weight excluding hydrogens is 176 g/mol. The van der Waals surface area contributed by atoms with Crippen LogP contribution >= 0.6 is 0 Å². The number of hydrogen-bond donors (Lipinski definition) is 0. The van der Waals surface area contributed by atoms with E-state index in [4.69, 9.17) is 0 Å². The molecule has 0 N–H and O–H groups in total. The van der Waals surface area contributed by atoms with Crippen molar-refractivity contribution >= 4 is 11.3 Å². The first-order chi connectivity index (χ1) is 6.92. The highest BCUT2D eigenvalue weighted by atomic mass is 15.1. The summed E-state index contributed by atoms with van der Waals surface area (Å²) in [6.45, 7) is 2.65. The van der Waals surface area contributed by atoms with E-state index in [2.05, 4.69) is 26.8 Å². The number of imidazole rings is 1. The first-order valence-electron chi connectivity index (χ1n) is 4.43. The second-order valence-electron chi connectivity index (χ2n) is 2.82. The van der Waals surface area contributed by atoms with E-state index in [-0.39, 0.29) is 0 Å². The van der Waals surface area contributed by atoms with Crippen LogP contribution in [0.25, 0.3) is 11.3 Å². The van der Waals surface area contributed by atoms with Crippen LogP contribution in [0.5, 0.6) is 0 Å². The highest BCUT2D eigenvalue weighted by Gasteiger charge is 2.01. The molecule has 0 fully saturated rings. The Morgan fingerprint density at radius 3 is 3.00 bits per heavy atom. The molecule has 0 amide bonds. The van der Waals surface area contributed by atoms with Crippen LogP contribution in [-0.2, 0) is 6.54 Å². The highest BCUT2D eigenvalue weighted by molar-refractivity contribution is 5.64. The summed E-state index contributed by atoms with van der Waals surface area (Å²) >= 11 is 0. The maximum atomic E-state index is 4.21. The SMILES string of the molecule is CC#CCCn1cnc2nccnc21. The summed E-state index contributed by atoms with van der Waals surface area (Å²) in [4.78, 5) is 12.4. The van der Waals surface area contributed by atoms with Crippen LogP contribution in [-0.4, -0.2) is 19.5 Å². The van der Waals surface area contributed by atoms with Crippen molar-refractivity contribution in [1.29, 1.82) is 0 Å². The Morgan fingerprint density at radius 1 is 1.29 bits per heavy atom. The largest absolute Gasteiger partial charge is 0.313 e. The lowest BCUT2D eigenvalue weighted by Gasteiger charge is -1.97. The highest BCUT2D eigenvalue weighted by Crippen LogP contribution is 2.05. The molecule has 4 nitrogen and oxygen atoms in total. The molecule has 70 valence electrons. The molecule has 0 unspecified atom stereocenters. The quantitative estimate of drug-likeness (QED) is 0.663. The molecule has 2 heterocycles. The molecule has 0 radical (unpaired) electrons. The van der Waals surface area contributed by atoms with Crippen LogP contribution in [0.4, 0.5) is 0 Å². The van der Waals surface area contributed by atoms with E-state index in [0.29, 0.717) is 5.65 Å². The molecule has 0 saturated heterocycles. The Morgan fingerprint density at radius 2 is 2.14 bits per heavy atom. The van der Waals surface area contributed by atoms with E-state index in [9.17, 15) is 0 Å². The van der Waals surface area contributed by atoms with E-state index in [1.807, 2.05) is 11.5 Å². The molecule has 2 rings (SSSR count). The van der Waals surface area contributed by atoms with E-state index in [1.165, 1.54) is 0 Å². The molecular formula is C10H10N4. The van der Waals surface area contributed by atoms with Gasteiger partial charge in [-0.25, -0.2) is 15.0 Å². The molecule has 4 heteroatoms. The summed E-state index contributed by atoms with van der Waals surface area (Å²) in [6, 6.07) is 0. The van der Waals surface area contributed by atoms with Gasteiger partial charge in [0.2, 0.25) is 0 Å². The van der Waals surface area contributed by atoms with Gasteiger partial charge in [-0.05, 0) is 6.92 Å². The van der Waals surface area contributed by atoms with Gasteiger partial charge in [-0.15, -0.1) is 11.8 Å². The maximum Gasteiger partial charge on any atom is 0.197 e. The van der Waals surface area contributed by atoms with Crippen molar-refractivity contribution in [2.75, 3.05) is 0 Å². The normalized spacial score (nSPS) is 9.79. The predicted molar refractivity (Wildman–Crippen MR) is 53.4 cm³/mol. The van der Waals surface area contributed by atoms with Crippen molar-refractivity contribution in [3.63, 3.8) is 0 Å². The predicted octanol–water partition coefficient (Wildman–Crippen LogP) is 1.24. The molecule has 0 aliphatic carbocycles. The van der Waals surface area contributed by atoms with Gasteiger partial charge in [0.1, 0.15) is 0 Å². The number of hydrogen-bond acceptors (Lipinski definition) is 3. The fourth-order valence-corrected chi connectivity index (χ4v) is 1.26. The van der Waals surface area contributed by atoms with E-state index >= 15 is 0 Å². The number of nitrogens with zero attached hydrogens (tertiary/aromatic N) is 4. The fraction of sp³-hybridized carbons (Fsp3) is 0.300. The zero-order chi connectivity index (χ0) is 9.80. The van der Waals surface area contributed by atoms with Gasteiger partial charge in [0.15, 0.2) is 11.3 Å². The van der Waals surface area contributed by atoms with Gasteiger partial charge in [0, 0.05) is 25.4 Å². The maximum absolute atomic E-state index is 4.21. The van der Waals surface area contributed by atoms with Crippen molar-refractivity contribution in [1.82, 2.24) is 19.5 Å². The third-order valence-electron chi connectivity index (χ3n) is 1.91. The lowest BCUT2D eigenvalue weighted by molar-refractivity contribution is 0.733. The third kappa shape index (κ3) is 1.57. The van der Waals surface area contributed by atoms with Crippen molar-refractivity contribution in [3.05, 3.63) is 18.7 Å². The van der Waals surface area contributed by atoms with Crippen LogP contribution in [0.1, 0.15) is 13.3 Å². The first-order valence-corrected chi connectivity index (χ1v) is 4.43. The number of aryl methyl sites for hydroxylation is 1. The summed E-state index contributed by atoms with van der Waals surface area (Å²) in [5.41, 5.74) is 1.52. The van der Waals surface area contributed by atoms with Crippen LogP contribution in [0.2, 0.25) is 0 Å².